The molecule has 0 aliphatic carbocycles. The van der Waals surface area contributed by atoms with E-state index in [1.807, 2.05) is 19.0 Å². The van der Waals surface area contributed by atoms with Gasteiger partial charge in [-0.2, -0.15) is 9.40 Å². The standard InChI is InChI=1S/C10H19N5O2S/c1-14(2)9-3-4-15(7-9)18(16,17)10-8(5-11)6-12-13-10/h6,9H,3-5,7,11H2,1-2H3,(H,12,13). The number of nitrogens with one attached hydrogen (secondary N) is 1. The quantitative estimate of drug-likeness (QED) is 0.748. The monoisotopic (exact) mass is 273 g/mol. The normalized spacial score (nSPS) is 21.9. The van der Waals surface area contributed by atoms with Gasteiger partial charge in [0.1, 0.15) is 0 Å². The van der Waals surface area contributed by atoms with Crippen LogP contribution in [0, 0.1) is 0 Å². The summed E-state index contributed by atoms with van der Waals surface area (Å²) >= 11 is 0. The average molecular weight is 273 g/mol. The fraction of sp³-hybridized carbons (Fsp3) is 0.700. The van der Waals surface area contributed by atoms with Crippen LogP contribution in [0.4, 0.5) is 0 Å². The maximum absolute atomic E-state index is 12.4. The molecule has 1 aromatic rings. The van der Waals surface area contributed by atoms with Crippen molar-refractivity contribution in [2.24, 2.45) is 5.73 Å². The minimum absolute atomic E-state index is 0.129. The summed E-state index contributed by atoms with van der Waals surface area (Å²) in [7, 11) is 0.425. The molecule has 0 amide bonds. The minimum atomic E-state index is -3.50. The summed E-state index contributed by atoms with van der Waals surface area (Å²) in [5, 5.41) is 6.44. The summed E-state index contributed by atoms with van der Waals surface area (Å²) in [4.78, 5) is 2.05. The first-order valence-corrected chi connectivity index (χ1v) is 7.29. The molecule has 1 atom stereocenters. The van der Waals surface area contributed by atoms with Crippen molar-refractivity contribution in [1.29, 1.82) is 0 Å². The Kier molecular flexibility index (Phi) is 3.71. The van der Waals surface area contributed by atoms with Crippen LogP contribution in [-0.4, -0.2) is 61.0 Å². The summed E-state index contributed by atoms with van der Waals surface area (Å²) < 4.78 is 26.3. The summed E-state index contributed by atoms with van der Waals surface area (Å²) in [5.74, 6) is 0. The van der Waals surface area contributed by atoms with Crippen LogP contribution in [0.25, 0.3) is 0 Å². The number of likely N-dealkylation sites (N-methyl/N-ethyl adjacent to an activating group) is 1. The molecule has 0 bridgehead atoms. The van der Waals surface area contributed by atoms with E-state index < -0.39 is 10.0 Å². The number of nitrogens with zero attached hydrogens (tertiary/aromatic N) is 3. The molecule has 2 heterocycles. The number of aromatic amines is 1. The third-order valence-electron chi connectivity index (χ3n) is 3.35. The lowest BCUT2D eigenvalue weighted by atomic mass is 10.2. The van der Waals surface area contributed by atoms with Gasteiger partial charge in [-0.15, -0.1) is 0 Å². The highest BCUT2D eigenvalue weighted by atomic mass is 32.2. The zero-order chi connectivity index (χ0) is 13.3. The third-order valence-corrected chi connectivity index (χ3v) is 5.23. The zero-order valence-corrected chi connectivity index (χ0v) is 11.4. The Bertz CT molecular complexity index is 510. The molecule has 1 saturated heterocycles. The van der Waals surface area contributed by atoms with Crippen LogP contribution in [0.5, 0.6) is 0 Å². The van der Waals surface area contributed by atoms with E-state index in [1.54, 1.807) is 0 Å². The van der Waals surface area contributed by atoms with E-state index >= 15 is 0 Å². The van der Waals surface area contributed by atoms with E-state index in [-0.39, 0.29) is 17.6 Å². The lowest BCUT2D eigenvalue weighted by Crippen LogP contribution is -2.35. The summed E-state index contributed by atoms with van der Waals surface area (Å²) in [6, 6.07) is 0.268. The smallest absolute Gasteiger partial charge is 0.260 e. The second-order valence-electron chi connectivity index (χ2n) is 4.70. The molecule has 0 spiro atoms. The van der Waals surface area contributed by atoms with Gasteiger partial charge < -0.3 is 10.6 Å². The van der Waals surface area contributed by atoms with Gasteiger partial charge in [0.15, 0.2) is 5.03 Å². The minimum Gasteiger partial charge on any atom is -0.326 e. The van der Waals surface area contributed by atoms with Crippen molar-refractivity contribution in [3.05, 3.63) is 11.8 Å². The molecule has 102 valence electrons. The Morgan fingerprint density at radius 3 is 2.89 bits per heavy atom. The van der Waals surface area contributed by atoms with Gasteiger partial charge >= 0.3 is 0 Å². The van der Waals surface area contributed by atoms with E-state index in [1.165, 1.54) is 10.5 Å². The lowest BCUT2D eigenvalue weighted by Gasteiger charge is -2.20. The van der Waals surface area contributed by atoms with Gasteiger partial charge in [0, 0.05) is 31.2 Å². The Labute approximate surface area is 107 Å². The van der Waals surface area contributed by atoms with Gasteiger partial charge in [0.05, 0.1) is 6.20 Å². The SMILES string of the molecule is CN(C)C1CCN(S(=O)(=O)c2[nH]ncc2CN)C1. The molecule has 1 fully saturated rings. The van der Waals surface area contributed by atoms with Crippen molar-refractivity contribution in [2.45, 2.75) is 24.0 Å². The van der Waals surface area contributed by atoms with E-state index in [4.69, 9.17) is 5.73 Å². The fourth-order valence-corrected chi connectivity index (χ4v) is 3.76. The van der Waals surface area contributed by atoms with Crippen LogP contribution < -0.4 is 5.73 Å². The molecule has 8 heteroatoms. The molecular formula is C10H19N5O2S. The van der Waals surface area contributed by atoms with Crippen molar-refractivity contribution >= 4 is 10.0 Å². The van der Waals surface area contributed by atoms with Crippen molar-refractivity contribution in [1.82, 2.24) is 19.4 Å². The molecule has 1 aromatic heterocycles. The highest BCUT2D eigenvalue weighted by Crippen LogP contribution is 2.23. The highest BCUT2D eigenvalue weighted by molar-refractivity contribution is 7.89. The molecule has 0 saturated carbocycles. The van der Waals surface area contributed by atoms with Gasteiger partial charge in [-0.05, 0) is 20.5 Å². The van der Waals surface area contributed by atoms with Crippen LogP contribution in [0.2, 0.25) is 0 Å². The number of nitrogens with two attached hydrogens (primary N) is 1. The van der Waals surface area contributed by atoms with E-state index in [2.05, 4.69) is 10.2 Å². The van der Waals surface area contributed by atoms with Gasteiger partial charge in [0.25, 0.3) is 10.0 Å². The summed E-state index contributed by atoms with van der Waals surface area (Å²) in [6.07, 6.45) is 2.31. The van der Waals surface area contributed by atoms with Gasteiger partial charge in [-0.1, -0.05) is 0 Å². The third kappa shape index (κ3) is 2.28. The largest absolute Gasteiger partial charge is 0.326 e. The zero-order valence-electron chi connectivity index (χ0n) is 10.6. The Balaban J connectivity index is 2.23. The van der Waals surface area contributed by atoms with E-state index in [0.29, 0.717) is 18.7 Å². The van der Waals surface area contributed by atoms with Crippen LogP contribution in [0.3, 0.4) is 0 Å². The predicted octanol–water partition coefficient (Wildman–Crippen LogP) is -0.807. The maximum Gasteiger partial charge on any atom is 0.260 e. The molecule has 1 aliphatic rings. The van der Waals surface area contributed by atoms with E-state index in [0.717, 1.165) is 6.42 Å². The first-order chi connectivity index (χ1) is 8.46. The second-order valence-corrected chi connectivity index (χ2v) is 6.57. The van der Waals surface area contributed by atoms with Crippen molar-refractivity contribution in [3.63, 3.8) is 0 Å². The van der Waals surface area contributed by atoms with Gasteiger partial charge in [-0.3, -0.25) is 5.10 Å². The molecular weight excluding hydrogens is 254 g/mol. The number of hydrogen-bond acceptors (Lipinski definition) is 5. The Morgan fingerprint density at radius 1 is 1.61 bits per heavy atom. The predicted molar refractivity (Wildman–Crippen MR) is 67.3 cm³/mol. The number of rotatable bonds is 4. The van der Waals surface area contributed by atoms with Crippen molar-refractivity contribution in [3.8, 4) is 0 Å². The second kappa shape index (κ2) is 4.96. The van der Waals surface area contributed by atoms with E-state index in [9.17, 15) is 8.42 Å². The van der Waals surface area contributed by atoms with Crippen LogP contribution >= 0.6 is 0 Å². The van der Waals surface area contributed by atoms with Crippen molar-refractivity contribution in [2.75, 3.05) is 27.2 Å². The lowest BCUT2D eigenvalue weighted by molar-refractivity contribution is 0.302. The maximum atomic E-state index is 12.4. The van der Waals surface area contributed by atoms with Crippen LogP contribution in [-0.2, 0) is 16.6 Å². The first-order valence-electron chi connectivity index (χ1n) is 5.85. The first kappa shape index (κ1) is 13.5. The molecule has 0 aromatic carbocycles. The number of hydrogen-bond donors (Lipinski definition) is 2. The molecule has 3 N–H and O–H groups in total. The Hall–Kier alpha value is -0.960. The number of sulfonamides is 1. The molecule has 1 unspecified atom stereocenters. The molecule has 18 heavy (non-hydrogen) atoms. The summed E-state index contributed by atoms with van der Waals surface area (Å²) in [5.41, 5.74) is 6.05. The van der Waals surface area contributed by atoms with Crippen LogP contribution in [0.15, 0.2) is 11.2 Å². The summed E-state index contributed by atoms with van der Waals surface area (Å²) in [6.45, 7) is 1.21. The van der Waals surface area contributed by atoms with Crippen molar-refractivity contribution < 1.29 is 8.42 Å². The fourth-order valence-electron chi connectivity index (χ4n) is 2.15. The van der Waals surface area contributed by atoms with Gasteiger partial charge in [0.2, 0.25) is 0 Å². The number of aromatic nitrogens is 2. The Morgan fingerprint density at radius 2 is 2.33 bits per heavy atom. The molecule has 0 radical (unpaired) electrons. The van der Waals surface area contributed by atoms with Gasteiger partial charge in [-0.25, -0.2) is 8.42 Å². The molecule has 2 rings (SSSR count). The molecule has 1 aliphatic heterocycles. The average Bonchev–Trinajstić information content (AvgIpc) is 2.98. The van der Waals surface area contributed by atoms with Crippen LogP contribution in [0.1, 0.15) is 12.0 Å². The highest BCUT2D eigenvalue weighted by Gasteiger charge is 2.35. The number of H-pyrrole nitrogens is 1. The molecule has 7 nitrogen and oxygen atoms in total. The topological polar surface area (TPSA) is 95.3 Å².